The number of piperidine rings is 1. The molecule has 2 aliphatic rings. The first-order valence-corrected chi connectivity index (χ1v) is 9.14. The monoisotopic (exact) mass is 327 g/mol. The Hall–Kier alpha value is -1.72. The number of hydrogen-bond donors (Lipinski definition) is 1. The van der Waals surface area contributed by atoms with E-state index in [4.69, 9.17) is 0 Å². The first kappa shape index (κ1) is 14.8. The Morgan fingerprint density at radius 1 is 1.35 bits per heavy atom. The van der Waals surface area contributed by atoms with E-state index >= 15 is 0 Å². The number of likely N-dealkylation sites (tertiary alicyclic amines) is 1. The summed E-state index contributed by atoms with van der Waals surface area (Å²) in [7, 11) is 0. The number of pyridine rings is 1. The van der Waals surface area contributed by atoms with Crippen LogP contribution in [0.15, 0.2) is 41.4 Å². The van der Waals surface area contributed by atoms with Crippen LogP contribution in [0.2, 0.25) is 0 Å². The molecule has 1 N–H and O–H groups in total. The van der Waals surface area contributed by atoms with Crippen LogP contribution in [0.25, 0.3) is 0 Å². The van der Waals surface area contributed by atoms with Crippen molar-refractivity contribution in [1.82, 2.24) is 15.2 Å². The van der Waals surface area contributed by atoms with E-state index in [1.807, 2.05) is 12.3 Å². The van der Waals surface area contributed by atoms with Gasteiger partial charge in [-0.1, -0.05) is 6.07 Å². The van der Waals surface area contributed by atoms with Crippen LogP contribution in [-0.2, 0) is 11.3 Å². The maximum atomic E-state index is 12.1. The molecule has 120 valence electrons. The fourth-order valence-corrected chi connectivity index (χ4v) is 4.70. The van der Waals surface area contributed by atoms with E-state index in [2.05, 4.69) is 38.1 Å². The third-order valence-corrected chi connectivity index (χ3v) is 6.00. The molecule has 2 saturated heterocycles. The summed E-state index contributed by atoms with van der Waals surface area (Å²) in [5, 5.41) is 7.66. The van der Waals surface area contributed by atoms with Crippen molar-refractivity contribution in [2.75, 3.05) is 13.1 Å². The van der Waals surface area contributed by atoms with Crippen molar-refractivity contribution in [3.05, 3.63) is 52.5 Å². The highest BCUT2D eigenvalue weighted by atomic mass is 32.1. The molecule has 4 nitrogen and oxygen atoms in total. The van der Waals surface area contributed by atoms with Gasteiger partial charge in [0.05, 0.1) is 0 Å². The average molecular weight is 327 g/mol. The molecule has 2 aromatic rings. The van der Waals surface area contributed by atoms with Gasteiger partial charge in [-0.2, -0.15) is 11.3 Å². The quantitative estimate of drug-likeness (QED) is 0.943. The van der Waals surface area contributed by atoms with Gasteiger partial charge in [0.1, 0.15) is 0 Å². The van der Waals surface area contributed by atoms with E-state index in [9.17, 15) is 4.79 Å². The van der Waals surface area contributed by atoms with Gasteiger partial charge in [0.25, 0.3) is 0 Å². The molecule has 0 unspecified atom stereocenters. The van der Waals surface area contributed by atoms with Gasteiger partial charge in [-0.25, -0.2) is 0 Å². The zero-order valence-electron chi connectivity index (χ0n) is 13.1. The lowest BCUT2D eigenvalue weighted by Crippen LogP contribution is -2.53. The van der Waals surface area contributed by atoms with Crippen molar-refractivity contribution in [2.24, 2.45) is 0 Å². The lowest BCUT2D eigenvalue weighted by Gasteiger charge is -2.42. The van der Waals surface area contributed by atoms with Crippen molar-refractivity contribution in [3.8, 4) is 0 Å². The molecule has 0 radical (unpaired) electrons. The summed E-state index contributed by atoms with van der Waals surface area (Å²) in [5.41, 5.74) is 2.51. The standard InChI is InChI=1S/C18H21N3OS/c22-17-10-16(15-2-1-6-19-11-15)18(20-17)4-7-21(8-5-18)12-14-3-9-23-13-14/h1-3,6,9,11,13,16H,4-5,7-8,10,12H2,(H,20,22)/t16-/m1/s1. The number of nitrogens with one attached hydrogen (secondary N) is 1. The molecule has 4 rings (SSSR count). The number of aromatic nitrogens is 1. The number of rotatable bonds is 3. The van der Waals surface area contributed by atoms with Crippen LogP contribution < -0.4 is 5.32 Å². The third-order valence-electron chi connectivity index (χ3n) is 5.27. The second-order valence-electron chi connectivity index (χ2n) is 6.66. The van der Waals surface area contributed by atoms with Crippen molar-refractivity contribution in [2.45, 2.75) is 37.3 Å². The third kappa shape index (κ3) is 2.91. The average Bonchev–Trinajstić information content (AvgIpc) is 3.19. The van der Waals surface area contributed by atoms with Gasteiger partial charge in [0.2, 0.25) is 5.91 Å². The summed E-state index contributed by atoms with van der Waals surface area (Å²) in [4.78, 5) is 18.8. The lowest BCUT2D eigenvalue weighted by atomic mass is 9.74. The van der Waals surface area contributed by atoms with E-state index in [1.54, 1.807) is 17.5 Å². The largest absolute Gasteiger partial charge is 0.350 e. The molecule has 5 heteroatoms. The Bertz CT molecular complexity index is 663. The minimum absolute atomic E-state index is 0.0781. The summed E-state index contributed by atoms with van der Waals surface area (Å²) in [6.45, 7) is 3.09. The molecule has 0 saturated carbocycles. The highest BCUT2D eigenvalue weighted by Gasteiger charge is 2.48. The molecule has 4 heterocycles. The molecule has 1 amide bonds. The van der Waals surface area contributed by atoms with Crippen LogP contribution in [0.5, 0.6) is 0 Å². The van der Waals surface area contributed by atoms with E-state index < -0.39 is 0 Å². The van der Waals surface area contributed by atoms with E-state index in [1.165, 1.54) is 11.1 Å². The fraction of sp³-hybridized carbons (Fsp3) is 0.444. The summed E-state index contributed by atoms with van der Waals surface area (Å²) in [6.07, 6.45) is 6.34. The van der Waals surface area contributed by atoms with Gasteiger partial charge in [-0.3, -0.25) is 14.7 Å². The van der Waals surface area contributed by atoms with Crippen molar-refractivity contribution < 1.29 is 4.79 Å². The molecule has 0 bridgehead atoms. The Morgan fingerprint density at radius 3 is 2.91 bits per heavy atom. The van der Waals surface area contributed by atoms with E-state index in [0.717, 1.165) is 32.5 Å². The molecule has 2 fully saturated rings. The second kappa shape index (κ2) is 6.06. The number of hydrogen-bond acceptors (Lipinski definition) is 4. The van der Waals surface area contributed by atoms with Crippen LogP contribution >= 0.6 is 11.3 Å². The molecule has 23 heavy (non-hydrogen) atoms. The number of carbonyl (C=O) groups excluding carboxylic acids is 1. The normalized spacial score (nSPS) is 24.0. The summed E-state index contributed by atoms with van der Waals surface area (Å²) in [6, 6.07) is 6.28. The zero-order valence-corrected chi connectivity index (χ0v) is 13.9. The number of carbonyl (C=O) groups is 1. The first-order valence-electron chi connectivity index (χ1n) is 8.20. The summed E-state index contributed by atoms with van der Waals surface area (Å²) >= 11 is 1.75. The molecule has 2 aromatic heterocycles. The van der Waals surface area contributed by atoms with E-state index in [0.29, 0.717) is 6.42 Å². The van der Waals surface area contributed by atoms with Gasteiger partial charge >= 0.3 is 0 Å². The van der Waals surface area contributed by atoms with Gasteiger partial charge in [-0.05, 0) is 46.9 Å². The first-order chi connectivity index (χ1) is 11.3. The molecule has 2 aliphatic heterocycles. The topological polar surface area (TPSA) is 45.2 Å². The minimum Gasteiger partial charge on any atom is -0.350 e. The van der Waals surface area contributed by atoms with Crippen molar-refractivity contribution in [3.63, 3.8) is 0 Å². The van der Waals surface area contributed by atoms with Crippen LogP contribution in [0.1, 0.15) is 36.3 Å². The number of nitrogens with zero attached hydrogens (tertiary/aromatic N) is 2. The maximum Gasteiger partial charge on any atom is 0.221 e. The SMILES string of the molecule is O=C1C[C@H](c2cccnc2)C2(CCN(Cc3ccsc3)CC2)N1. The van der Waals surface area contributed by atoms with Gasteiger partial charge in [0.15, 0.2) is 0 Å². The van der Waals surface area contributed by atoms with Crippen LogP contribution in [0.4, 0.5) is 0 Å². The van der Waals surface area contributed by atoms with Gasteiger partial charge < -0.3 is 5.32 Å². The second-order valence-corrected chi connectivity index (χ2v) is 7.44. The van der Waals surface area contributed by atoms with Gasteiger partial charge in [-0.15, -0.1) is 0 Å². The highest BCUT2D eigenvalue weighted by molar-refractivity contribution is 7.07. The Balaban J connectivity index is 1.49. The molecular weight excluding hydrogens is 306 g/mol. The molecule has 1 spiro atoms. The Morgan fingerprint density at radius 2 is 2.22 bits per heavy atom. The predicted octanol–water partition coefficient (Wildman–Crippen LogP) is 2.78. The van der Waals surface area contributed by atoms with E-state index in [-0.39, 0.29) is 17.4 Å². The minimum atomic E-state index is -0.0781. The summed E-state index contributed by atoms with van der Waals surface area (Å²) < 4.78 is 0. The molecule has 0 aromatic carbocycles. The molecule has 1 atom stereocenters. The van der Waals surface area contributed by atoms with Crippen LogP contribution in [0.3, 0.4) is 0 Å². The smallest absolute Gasteiger partial charge is 0.221 e. The Kier molecular flexibility index (Phi) is 3.91. The number of amides is 1. The predicted molar refractivity (Wildman–Crippen MR) is 91.3 cm³/mol. The van der Waals surface area contributed by atoms with Crippen LogP contribution in [-0.4, -0.2) is 34.4 Å². The lowest BCUT2D eigenvalue weighted by molar-refractivity contribution is -0.120. The fourth-order valence-electron chi connectivity index (χ4n) is 4.04. The molecule has 0 aliphatic carbocycles. The summed E-state index contributed by atoms with van der Waals surface area (Å²) in [5.74, 6) is 0.442. The van der Waals surface area contributed by atoms with Crippen LogP contribution in [0, 0.1) is 0 Å². The zero-order chi connectivity index (χ0) is 15.7. The van der Waals surface area contributed by atoms with Gasteiger partial charge in [0, 0.05) is 49.9 Å². The molecular formula is C18H21N3OS. The maximum absolute atomic E-state index is 12.1. The van der Waals surface area contributed by atoms with Crippen molar-refractivity contribution >= 4 is 17.2 Å². The Labute approximate surface area is 140 Å². The number of thiophene rings is 1. The highest BCUT2D eigenvalue weighted by Crippen LogP contribution is 2.43. The van der Waals surface area contributed by atoms with Crippen molar-refractivity contribution in [1.29, 1.82) is 0 Å².